The Bertz CT molecular complexity index is 1440. The molecule has 35 heavy (non-hydrogen) atoms. The van der Waals surface area contributed by atoms with Crippen LogP contribution in [0.3, 0.4) is 0 Å². The van der Waals surface area contributed by atoms with E-state index in [9.17, 15) is 9.59 Å². The summed E-state index contributed by atoms with van der Waals surface area (Å²) in [5, 5.41) is 6.63. The number of nitrogens with two attached hydrogens (primary N) is 1. The van der Waals surface area contributed by atoms with Gasteiger partial charge in [0.15, 0.2) is 0 Å². The quantitative estimate of drug-likeness (QED) is 0.309. The zero-order valence-electron chi connectivity index (χ0n) is 20.7. The third kappa shape index (κ3) is 4.62. The summed E-state index contributed by atoms with van der Waals surface area (Å²) in [5.41, 5.74) is 11.1. The van der Waals surface area contributed by atoms with Gasteiger partial charge >= 0.3 is 6.03 Å². The molecular formula is C28H31N5O2. The molecule has 0 bridgehead atoms. The van der Waals surface area contributed by atoms with Gasteiger partial charge in [0.25, 0.3) is 5.56 Å². The molecule has 2 heterocycles. The first kappa shape index (κ1) is 24.0. The lowest BCUT2D eigenvalue weighted by Crippen LogP contribution is -2.29. The second kappa shape index (κ2) is 9.62. The number of hydrogen-bond acceptors (Lipinski definition) is 4. The lowest BCUT2D eigenvalue weighted by molar-refractivity contribution is 0.262. The molecule has 0 aliphatic carbocycles. The minimum absolute atomic E-state index is 0.171. The number of amides is 2. The van der Waals surface area contributed by atoms with E-state index in [1.807, 2.05) is 36.4 Å². The molecule has 0 atom stereocenters. The molecule has 0 radical (unpaired) electrons. The molecule has 180 valence electrons. The van der Waals surface area contributed by atoms with Crippen LogP contribution in [0.5, 0.6) is 0 Å². The average Bonchev–Trinajstić information content (AvgIpc) is 2.82. The number of hydrogen-bond donors (Lipinski definition) is 3. The van der Waals surface area contributed by atoms with E-state index < -0.39 is 6.03 Å². The molecule has 4 rings (SSSR count). The Balaban J connectivity index is 1.85. The molecule has 2 amide bonds. The van der Waals surface area contributed by atoms with Crippen molar-refractivity contribution in [3.63, 3.8) is 0 Å². The van der Waals surface area contributed by atoms with Crippen molar-refractivity contribution in [2.45, 2.75) is 39.5 Å². The number of para-hydroxylation sites is 1. The summed E-state index contributed by atoms with van der Waals surface area (Å²) >= 11 is 0. The topological polar surface area (TPSA) is 102 Å². The van der Waals surface area contributed by atoms with Crippen molar-refractivity contribution in [1.29, 1.82) is 0 Å². The van der Waals surface area contributed by atoms with Gasteiger partial charge in [0.1, 0.15) is 11.3 Å². The summed E-state index contributed by atoms with van der Waals surface area (Å²) in [6, 6.07) is 16.5. The Morgan fingerprint density at radius 3 is 2.17 bits per heavy atom. The van der Waals surface area contributed by atoms with Gasteiger partial charge in [-0.2, -0.15) is 0 Å². The lowest BCUT2D eigenvalue weighted by Gasteiger charge is -2.21. The zero-order valence-corrected chi connectivity index (χ0v) is 20.7. The van der Waals surface area contributed by atoms with Crippen molar-refractivity contribution in [3.05, 3.63) is 82.3 Å². The Morgan fingerprint density at radius 2 is 1.54 bits per heavy atom. The number of pyridine rings is 2. The van der Waals surface area contributed by atoms with Crippen molar-refractivity contribution in [3.8, 4) is 11.1 Å². The van der Waals surface area contributed by atoms with Crippen molar-refractivity contribution in [1.82, 2.24) is 9.55 Å². The maximum absolute atomic E-state index is 13.4. The number of rotatable bonds is 5. The molecule has 7 nitrogen and oxygen atoms in total. The van der Waals surface area contributed by atoms with Crippen LogP contribution in [0, 0.1) is 0 Å². The molecule has 0 aliphatic heterocycles. The highest BCUT2D eigenvalue weighted by Crippen LogP contribution is 2.35. The number of carbonyl (C=O) groups excluding carboxylic acids is 1. The van der Waals surface area contributed by atoms with Crippen LogP contribution in [0.4, 0.5) is 21.9 Å². The van der Waals surface area contributed by atoms with E-state index in [0.29, 0.717) is 16.9 Å². The number of urea groups is 1. The van der Waals surface area contributed by atoms with Crippen LogP contribution in [0.25, 0.3) is 22.2 Å². The zero-order chi connectivity index (χ0) is 25.3. The number of aryl methyl sites for hydroxylation is 1. The number of nitrogens with zero attached hydrogens (tertiary/aromatic N) is 2. The van der Waals surface area contributed by atoms with E-state index in [1.165, 1.54) is 4.57 Å². The fraction of sp³-hybridized carbons (Fsp3) is 0.250. The van der Waals surface area contributed by atoms with Crippen molar-refractivity contribution in [2.24, 2.45) is 7.05 Å². The van der Waals surface area contributed by atoms with E-state index in [2.05, 4.69) is 43.3 Å². The molecule has 7 heteroatoms. The highest BCUT2D eigenvalue weighted by Gasteiger charge is 2.21. The number of fused-ring (bicyclic) bond motifs is 1. The fourth-order valence-corrected chi connectivity index (χ4v) is 4.43. The first-order valence-electron chi connectivity index (χ1n) is 11.7. The number of nitrogens with one attached hydrogen (secondary N) is 2. The highest BCUT2D eigenvalue weighted by molar-refractivity contribution is 6.08. The van der Waals surface area contributed by atoms with Crippen molar-refractivity contribution in [2.75, 3.05) is 16.4 Å². The third-order valence-electron chi connectivity index (χ3n) is 6.17. The number of carbonyl (C=O) groups is 1. The Morgan fingerprint density at radius 1 is 0.914 bits per heavy atom. The van der Waals surface area contributed by atoms with E-state index in [-0.39, 0.29) is 23.1 Å². The van der Waals surface area contributed by atoms with Gasteiger partial charge in [-0.15, -0.1) is 0 Å². The summed E-state index contributed by atoms with van der Waals surface area (Å²) in [6.07, 6.45) is 1.64. The molecule has 0 saturated heterocycles. The highest BCUT2D eigenvalue weighted by atomic mass is 16.2. The van der Waals surface area contributed by atoms with Crippen LogP contribution in [0.1, 0.15) is 50.7 Å². The molecule has 2 aromatic carbocycles. The van der Waals surface area contributed by atoms with E-state index in [1.54, 1.807) is 31.4 Å². The van der Waals surface area contributed by atoms with Gasteiger partial charge in [-0.1, -0.05) is 58.0 Å². The number of nitrogen functional groups attached to an aromatic ring is 1. The molecule has 0 fully saturated rings. The molecule has 0 saturated carbocycles. The lowest BCUT2D eigenvalue weighted by atomic mass is 9.93. The van der Waals surface area contributed by atoms with Gasteiger partial charge in [-0.25, -0.2) is 9.78 Å². The second-order valence-corrected chi connectivity index (χ2v) is 9.31. The second-order valence-electron chi connectivity index (χ2n) is 9.31. The fourth-order valence-electron chi connectivity index (χ4n) is 4.43. The van der Waals surface area contributed by atoms with Crippen LogP contribution < -0.4 is 21.9 Å². The number of benzene rings is 2. The van der Waals surface area contributed by atoms with Gasteiger partial charge in [-0.05, 0) is 52.8 Å². The van der Waals surface area contributed by atoms with Crippen LogP contribution >= 0.6 is 0 Å². The largest absolute Gasteiger partial charge is 0.399 e. The summed E-state index contributed by atoms with van der Waals surface area (Å²) < 4.78 is 1.45. The smallest absolute Gasteiger partial charge is 0.323 e. The monoisotopic (exact) mass is 469 g/mol. The predicted octanol–water partition coefficient (Wildman–Crippen LogP) is 6.07. The summed E-state index contributed by atoms with van der Waals surface area (Å²) in [5.74, 6) is 0.429. The van der Waals surface area contributed by atoms with E-state index in [4.69, 9.17) is 5.73 Å². The Hall–Kier alpha value is -4.13. The van der Waals surface area contributed by atoms with Gasteiger partial charge in [0.05, 0.1) is 0 Å². The van der Waals surface area contributed by atoms with Gasteiger partial charge in [0.2, 0.25) is 0 Å². The van der Waals surface area contributed by atoms with Gasteiger partial charge in [-0.3, -0.25) is 9.36 Å². The predicted molar refractivity (Wildman–Crippen MR) is 144 cm³/mol. The molecule has 0 aliphatic rings. The first-order valence-corrected chi connectivity index (χ1v) is 11.7. The average molecular weight is 470 g/mol. The summed E-state index contributed by atoms with van der Waals surface area (Å²) in [6.45, 7) is 8.36. The normalized spacial score (nSPS) is 11.3. The Kier molecular flexibility index (Phi) is 6.60. The van der Waals surface area contributed by atoms with Crippen LogP contribution in [0.2, 0.25) is 0 Å². The first-order chi connectivity index (χ1) is 16.7. The summed E-state index contributed by atoms with van der Waals surface area (Å²) in [7, 11) is 1.65. The minimum Gasteiger partial charge on any atom is -0.399 e. The maximum Gasteiger partial charge on any atom is 0.323 e. The minimum atomic E-state index is -0.481. The van der Waals surface area contributed by atoms with Crippen LogP contribution in [-0.4, -0.2) is 15.6 Å². The molecule has 4 N–H and O–H groups in total. The van der Waals surface area contributed by atoms with Crippen LogP contribution in [0.15, 0.2) is 65.6 Å². The molecule has 4 aromatic rings. The van der Waals surface area contributed by atoms with Gasteiger partial charge in [0, 0.05) is 35.6 Å². The molecule has 0 spiro atoms. The van der Waals surface area contributed by atoms with E-state index >= 15 is 0 Å². The summed E-state index contributed by atoms with van der Waals surface area (Å²) in [4.78, 5) is 31.2. The van der Waals surface area contributed by atoms with Crippen molar-refractivity contribution < 1.29 is 4.79 Å². The van der Waals surface area contributed by atoms with Crippen LogP contribution in [-0.2, 0) is 7.05 Å². The number of anilines is 3. The van der Waals surface area contributed by atoms with Crippen molar-refractivity contribution >= 4 is 34.1 Å². The molecule has 2 aromatic heterocycles. The standard InChI is InChI=1S/C28H31N5O2/c1-16(2)20-11-7-12-21(17(3)4)24(20)31-28(35)32-25-23(18-9-6-10-19(29)15-18)22-13-8-14-30-26(22)33(5)27(25)34/h6-17H,29H2,1-5H3,(H2,31,32,35). The SMILES string of the molecule is CC(C)c1cccc(C(C)C)c1NC(=O)Nc1c(-c2cccc(N)c2)c2cccnc2n(C)c1=O. The number of aromatic nitrogens is 2. The molecule has 0 unspecified atom stereocenters. The van der Waals surface area contributed by atoms with Gasteiger partial charge < -0.3 is 16.4 Å². The maximum atomic E-state index is 13.4. The van der Waals surface area contributed by atoms with E-state index in [0.717, 1.165) is 27.8 Å². The molecular weight excluding hydrogens is 438 g/mol. The Labute approximate surface area is 205 Å². The third-order valence-corrected chi connectivity index (χ3v) is 6.17.